The Labute approximate surface area is 126 Å². The first-order chi connectivity index (χ1) is 10.0. The molecule has 0 aliphatic carbocycles. The minimum Gasteiger partial charge on any atom is -0.478 e. The number of hydrogen-bond acceptors (Lipinski definition) is 4. The molecule has 0 unspecified atom stereocenters. The van der Waals surface area contributed by atoms with Gasteiger partial charge in [-0.15, -0.1) is 11.8 Å². The van der Waals surface area contributed by atoms with Crippen LogP contribution in [0.1, 0.15) is 34.1 Å². The van der Waals surface area contributed by atoms with Gasteiger partial charge in [0.1, 0.15) is 10.6 Å². The Balaban J connectivity index is 2.22. The molecule has 6 heteroatoms. The van der Waals surface area contributed by atoms with E-state index in [4.69, 9.17) is 0 Å². The van der Waals surface area contributed by atoms with Crippen LogP contribution in [0.3, 0.4) is 0 Å². The number of nitrogens with one attached hydrogen (secondary N) is 1. The lowest BCUT2D eigenvalue weighted by atomic mass is 10.1. The van der Waals surface area contributed by atoms with Crippen molar-refractivity contribution >= 4 is 17.7 Å². The molecule has 5 nitrogen and oxygen atoms in total. The highest BCUT2D eigenvalue weighted by molar-refractivity contribution is 7.98. The van der Waals surface area contributed by atoms with E-state index in [2.05, 4.69) is 16.9 Å². The lowest BCUT2D eigenvalue weighted by Crippen LogP contribution is -2.18. The second-order valence-electron chi connectivity index (χ2n) is 4.61. The Bertz CT molecular complexity index is 708. The van der Waals surface area contributed by atoms with Gasteiger partial charge in [-0.05, 0) is 24.5 Å². The van der Waals surface area contributed by atoms with Crippen molar-refractivity contribution in [3.8, 4) is 0 Å². The molecule has 0 aliphatic rings. The predicted molar refractivity (Wildman–Crippen MR) is 81.9 cm³/mol. The smallest absolute Gasteiger partial charge is 0.346 e. The highest BCUT2D eigenvalue weighted by atomic mass is 32.2. The second-order valence-corrected chi connectivity index (χ2v) is 5.58. The molecule has 0 atom stereocenters. The fourth-order valence-corrected chi connectivity index (χ4v) is 2.97. The van der Waals surface area contributed by atoms with Crippen LogP contribution < -0.4 is 5.69 Å². The molecule has 1 heterocycles. The van der Waals surface area contributed by atoms with Crippen molar-refractivity contribution in [1.29, 1.82) is 0 Å². The van der Waals surface area contributed by atoms with Gasteiger partial charge in [-0.1, -0.05) is 31.2 Å². The first-order valence-corrected chi connectivity index (χ1v) is 7.54. The van der Waals surface area contributed by atoms with Crippen molar-refractivity contribution in [1.82, 2.24) is 9.97 Å². The minimum absolute atomic E-state index is 0.0600. The number of aryl methyl sites for hydroxylation is 2. The number of aromatic amines is 1. The molecule has 1 aromatic heterocycles. The van der Waals surface area contributed by atoms with E-state index in [1.165, 1.54) is 17.3 Å². The first kappa shape index (κ1) is 15.3. The molecule has 0 saturated carbocycles. The van der Waals surface area contributed by atoms with E-state index in [-0.39, 0.29) is 10.6 Å². The summed E-state index contributed by atoms with van der Waals surface area (Å²) in [6, 6.07) is 8.10. The molecule has 0 spiro atoms. The summed E-state index contributed by atoms with van der Waals surface area (Å²) in [5, 5.41) is 9.48. The van der Waals surface area contributed by atoms with E-state index in [1.807, 2.05) is 24.3 Å². The van der Waals surface area contributed by atoms with Gasteiger partial charge in [-0.3, -0.25) is 0 Å². The number of aromatic nitrogens is 2. The molecule has 0 bridgehead atoms. The van der Waals surface area contributed by atoms with E-state index in [1.54, 1.807) is 6.92 Å². The maximum absolute atomic E-state index is 11.4. The summed E-state index contributed by atoms with van der Waals surface area (Å²) in [6.45, 7) is 3.65. The maximum atomic E-state index is 11.4. The predicted octanol–water partition coefficient (Wildman–Crippen LogP) is 2.63. The van der Waals surface area contributed by atoms with Crippen molar-refractivity contribution in [2.45, 2.75) is 31.0 Å². The van der Waals surface area contributed by atoms with Crippen molar-refractivity contribution < 1.29 is 9.90 Å². The van der Waals surface area contributed by atoms with Crippen LogP contribution in [-0.2, 0) is 12.2 Å². The van der Waals surface area contributed by atoms with E-state index >= 15 is 0 Å². The van der Waals surface area contributed by atoms with Gasteiger partial charge in [0.05, 0.1) is 0 Å². The molecule has 110 valence electrons. The van der Waals surface area contributed by atoms with Crippen molar-refractivity contribution in [3.63, 3.8) is 0 Å². The summed E-state index contributed by atoms with van der Waals surface area (Å²) < 4.78 is 0. The molecule has 21 heavy (non-hydrogen) atoms. The molecular formula is C15H16N2O3S. The number of aromatic carboxylic acids is 1. The van der Waals surface area contributed by atoms with Crippen LogP contribution in [0.15, 0.2) is 34.1 Å². The van der Waals surface area contributed by atoms with Gasteiger partial charge in [0.25, 0.3) is 0 Å². The van der Waals surface area contributed by atoms with Crippen LogP contribution in [0, 0.1) is 6.92 Å². The average molecular weight is 304 g/mol. The number of thioether (sulfide) groups is 1. The quantitative estimate of drug-likeness (QED) is 0.655. The van der Waals surface area contributed by atoms with Crippen LogP contribution in [0.5, 0.6) is 0 Å². The molecule has 0 saturated heterocycles. The lowest BCUT2D eigenvalue weighted by molar-refractivity contribution is 0.0690. The molecular weight excluding hydrogens is 288 g/mol. The molecule has 1 aromatic carbocycles. The summed E-state index contributed by atoms with van der Waals surface area (Å²) in [5.74, 6) is -0.514. The van der Waals surface area contributed by atoms with Crippen molar-refractivity contribution in [2.24, 2.45) is 0 Å². The molecule has 0 fully saturated rings. The van der Waals surface area contributed by atoms with Gasteiger partial charge in [0, 0.05) is 11.4 Å². The number of rotatable bonds is 5. The highest BCUT2D eigenvalue weighted by Crippen LogP contribution is 2.24. The van der Waals surface area contributed by atoms with Crippen molar-refractivity contribution in [2.75, 3.05) is 0 Å². The van der Waals surface area contributed by atoms with Crippen molar-refractivity contribution in [3.05, 3.63) is 57.1 Å². The Morgan fingerprint density at radius 1 is 1.29 bits per heavy atom. The van der Waals surface area contributed by atoms with Crippen LogP contribution in [-0.4, -0.2) is 21.0 Å². The number of benzene rings is 1. The Hall–Kier alpha value is -2.08. The van der Waals surface area contributed by atoms with Gasteiger partial charge in [-0.25, -0.2) is 9.59 Å². The zero-order valence-electron chi connectivity index (χ0n) is 11.8. The SMILES string of the molecule is CCc1ccc(CSc2nc(=O)[nH]c(C)c2C(=O)O)cc1. The maximum Gasteiger partial charge on any atom is 0.346 e. The third-order valence-electron chi connectivity index (χ3n) is 3.11. The Morgan fingerprint density at radius 2 is 1.90 bits per heavy atom. The highest BCUT2D eigenvalue weighted by Gasteiger charge is 2.16. The Kier molecular flexibility index (Phi) is 4.80. The third kappa shape index (κ3) is 3.72. The third-order valence-corrected chi connectivity index (χ3v) is 4.15. The van der Waals surface area contributed by atoms with E-state index in [0.717, 1.165) is 12.0 Å². The van der Waals surface area contributed by atoms with E-state index < -0.39 is 11.7 Å². The molecule has 0 amide bonds. The fraction of sp³-hybridized carbons (Fsp3) is 0.267. The number of H-pyrrole nitrogens is 1. The topological polar surface area (TPSA) is 83.0 Å². The first-order valence-electron chi connectivity index (χ1n) is 6.56. The zero-order valence-corrected chi connectivity index (χ0v) is 12.7. The Morgan fingerprint density at radius 3 is 2.48 bits per heavy atom. The monoisotopic (exact) mass is 304 g/mol. The van der Waals surface area contributed by atoms with Crippen LogP contribution in [0.2, 0.25) is 0 Å². The van der Waals surface area contributed by atoms with Gasteiger partial charge >= 0.3 is 11.7 Å². The lowest BCUT2D eigenvalue weighted by Gasteiger charge is -2.07. The average Bonchev–Trinajstić information content (AvgIpc) is 2.44. The molecule has 2 N–H and O–H groups in total. The molecule has 2 aromatic rings. The summed E-state index contributed by atoms with van der Waals surface area (Å²) >= 11 is 1.26. The summed E-state index contributed by atoms with van der Waals surface area (Å²) in [5.41, 5.74) is 2.17. The zero-order chi connectivity index (χ0) is 15.4. The van der Waals surface area contributed by atoms with Gasteiger partial charge in [-0.2, -0.15) is 4.98 Å². The number of carbonyl (C=O) groups is 1. The molecule has 2 rings (SSSR count). The van der Waals surface area contributed by atoms with Gasteiger partial charge < -0.3 is 10.1 Å². The summed E-state index contributed by atoms with van der Waals surface area (Å²) in [6.07, 6.45) is 0.978. The number of carboxylic acids is 1. The number of nitrogens with zero attached hydrogens (tertiary/aromatic N) is 1. The molecule has 0 radical (unpaired) electrons. The largest absolute Gasteiger partial charge is 0.478 e. The van der Waals surface area contributed by atoms with E-state index in [9.17, 15) is 14.7 Å². The fourth-order valence-electron chi connectivity index (χ4n) is 1.94. The normalized spacial score (nSPS) is 10.6. The number of hydrogen-bond donors (Lipinski definition) is 2. The van der Waals surface area contributed by atoms with Gasteiger partial charge in [0.2, 0.25) is 0 Å². The van der Waals surface area contributed by atoms with Crippen LogP contribution in [0.25, 0.3) is 0 Å². The van der Waals surface area contributed by atoms with Crippen LogP contribution >= 0.6 is 11.8 Å². The van der Waals surface area contributed by atoms with E-state index in [0.29, 0.717) is 11.4 Å². The minimum atomic E-state index is -1.08. The summed E-state index contributed by atoms with van der Waals surface area (Å²) in [4.78, 5) is 28.9. The van der Waals surface area contributed by atoms with Crippen LogP contribution in [0.4, 0.5) is 0 Å². The van der Waals surface area contributed by atoms with Gasteiger partial charge in [0.15, 0.2) is 0 Å². The summed E-state index contributed by atoms with van der Waals surface area (Å²) in [7, 11) is 0. The number of carboxylic acid groups (broad SMARTS) is 1. The second kappa shape index (κ2) is 6.58. The molecule has 0 aliphatic heterocycles. The standard InChI is InChI=1S/C15H16N2O3S/c1-3-10-4-6-11(7-5-10)8-21-13-12(14(18)19)9(2)16-15(20)17-13/h4-7H,3,8H2,1-2H3,(H,18,19)(H,16,17,20).